The highest BCUT2D eigenvalue weighted by atomic mass is 79.9. The first kappa shape index (κ1) is 24.9. The van der Waals surface area contributed by atoms with E-state index >= 15 is 0 Å². The summed E-state index contributed by atoms with van der Waals surface area (Å²) >= 11 is 0. The average molecular weight is 517 g/mol. The third kappa shape index (κ3) is 4.32. The first-order valence-corrected chi connectivity index (χ1v) is 12.7. The summed E-state index contributed by atoms with van der Waals surface area (Å²) in [5.74, 6) is 1.32. The van der Waals surface area contributed by atoms with Crippen molar-refractivity contribution in [3.05, 3.63) is 82.9 Å². The van der Waals surface area contributed by atoms with Crippen molar-refractivity contribution in [2.75, 3.05) is 13.1 Å². The number of benzene rings is 4. The van der Waals surface area contributed by atoms with Gasteiger partial charge in [0, 0.05) is 23.0 Å². The molecule has 4 aromatic carbocycles. The van der Waals surface area contributed by atoms with E-state index in [-0.39, 0.29) is 17.0 Å². The molecule has 34 heavy (non-hydrogen) atoms. The molecule has 1 nitrogen and oxygen atoms in total. The van der Waals surface area contributed by atoms with Gasteiger partial charge in [-0.2, -0.15) is 0 Å². The van der Waals surface area contributed by atoms with Gasteiger partial charge in [-0.05, 0) is 57.6 Å². The van der Waals surface area contributed by atoms with Crippen LogP contribution >= 0.6 is 0 Å². The first-order valence-electron chi connectivity index (χ1n) is 12.7. The van der Waals surface area contributed by atoms with Crippen LogP contribution in [0.2, 0.25) is 0 Å². The Balaban J connectivity index is 0.00000274. The summed E-state index contributed by atoms with van der Waals surface area (Å²) in [7, 11) is 0. The van der Waals surface area contributed by atoms with Crippen molar-refractivity contribution in [2.24, 2.45) is 11.8 Å². The molecule has 2 heteroatoms. The fourth-order valence-electron chi connectivity index (χ4n) is 6.65. The van der Waals surface area contributed by atoms with Gasteiger partial charge in [0.2, 0.25) is 0 Å². The van der Waals surface area contributed by atoms with E-state index in [4.69, 9.17) is 0 Å². The molecule has 0 aromatic heterocycles. The van der Waals surface area contributed by atoms with Crippen LogP contribution in [-0.2, 0) is 13.1 Å². The Morgan fingerprint density at radius 1 is 0.647 bits per heavy atom. The molecule has 0 amide bonds. The fraction of sp³-hybridized carbons (Fsp3) is 0.375. The molecule has 0 N–H and O–H groups in total. The van der Waals surface area contributed by atoms with E-state index in [0.29, 0.717) is 11.8 Å². The van der Waals surface area contributed by atoms with Crippen molar-refractivity contribution >= 4 is 21.5 Å². The Labute approximate surface area is 216 Å². The molecule has 5 rings (SSSR count). The molecule has 4 aromatic rings. The number of nitrogens with zero attached hydrogens (tertiary/aromatic N) is 1. The Hall–Kier alpha value is -2.16. The molecule has 0 aliphatic carbocycles. The quantitative estimate of drug-likeness (QED) is 0.318. The van der Waals surface area contributed by atoms with Crippen molar-refractivity contribution in [3.8, 4) is 11.1 Å². The number of hydrogen-bond acceptors (Lipinski definition) is 0. The largest absolute Gasteiger partial charge is 1.00 e. The highest BCUT2D eigenvalue weighted by Gasteiger charge is 2.37. The van der Waals surface area contributed by atoms with Crippen molar-refractivity contribution in [2.45, 2.75) is 54.6 Å². The zero-order chi connectivity index (χ0) is 23.3. The van der Waals surface area contributed by atoms with Crippen molar-refractivity contribution < 1.29 is 21.5 Å². The van der Waals surface area contributed by atoms with Gasteiger partial charge in [-0.1, -0.05) is 88.4 Å². The third-order valence-electron chi connectivity index (χ3n) is 7.50. The lowest BCUT2D eigenvalue weighted by Gasteiger charge is -2.41. The lowest BCUT2D eigenvalue weighted by atomic mass is 9.85. The predicted octanol–water partition coefficient (Wildman–Crippen LogP) is 5.42. The minimum absolute atomic E-state index is 0. The van der Waals surface area contributed by atoms with Gasteiger partial charge in [-0.3, -0.25) is 0 Å². The van der Waals surface area contributed by atoms with Gasteiger partial charge in [0.15, 0.2) is 0 Å². The molecule has 0 spiro atoms. The standard InChI is InChI=1S/C32H38N.BrH/c1-21(2)17-33(18-22(3)4)19-29-23(5)15-25-11-7-9-13-27(25)31(29)32-28-14-10-8-12-26(28)16-24(6)30(32)20-33;/h7-16,21-22H,17-20H2,1-6H3;1H/q+1;/p-1. The minimum atomic E-state index is 0. The van der Waals surface area contributed by atoms with Gasteiger partial charge in [0.05, 0.1) is 13.1 Å². The summed E-state index contributed by atoms with van der Waals surface area (Å²) in [5.41, 5.74) is 8.99. The summed E-state index contributed by atoms with van der Waals surface area (Å²) in [6, 6.07) is 22.9. The second-order valence-electron chi connectivity index (χ2n) is 11.3. The van der Waals surface area contributed by atoms with Gasteiger partial charge in [0.1, 0.15) is 13.1 Å². The molecule has 0 radical (unpaired) electrons. The Morgan fingerprint density at radius 3 is 1.41 bits per heavy atom. The van der Waals surface area contributed by atoms with Crippen molar-refractivity contribution in [3.63, 3.8) is 0 Å². The van der Waals surface area contributed by atoms with E-state index in [9.17, 15) is 0 Å². The van der Waals surface area contributed by atoms with Crippen LogP contribution in [0.4, 0.5) is 0 Å². The Kier molecular flexibility index (Phi) is 6.95. The third-order valence-corrected chi connectivity index (χ3v) is 7.50. The second kappa shape index (κ2) is 9.47. The van der Waals surface area contributed by atoms with E-state index < -0.39 is 0 Å². The molecule has 0 atom stereocenters. The van der Waals surface area contributed by atoms with Crippen LogP contribution < -0.4 is 17.0 Å². The number of fused-ring (bicyclic) bond motifs is 7. The maximum Gasteiger partial charge on any atom is 0.106 e. The van der Waals surface area contributed by atoms with Crippen LogP contribution in [-0.4, -0.2) is 17.6 Å². The smallest absolute Gasteiger partial charge is 0.106 e. The number of quaternary nitrogens is 1. The summed E-state index contributed by atoms with van der Waals surface area (Å²) < 4.78 is 1.15. The van der Waals surface area contributed by atoms with Crippen LogP contribution in [0.1, 0.15) is 49.9 Å². The molecule has 0 bridgehead atoms. The maximum absolute atomic E-state index is 2.43. The van der Waals surface area contributed by atoms with Gasteiger partial charge in [-0.15, -0.1) is 0 Å². The number of halogens is 1. The SMILES string of the molecule is Cc1cc2ccccc2c2c1C[N+](CC(C)C)(CC(C)C)Cc1c(C)cc3ccccc3c1-2.[Br-]. The lowest BCUT2D eigenvalue weighted by Crippen LogP contribution is -3.00. The summed E-state index contributed by atoms with van der Waals surface area (Å²) in [6.07, 6.45) is 0. The van der Waals surface area contributed by atoms with Crippen LogP contribution in [0.5, 0.6) is 0 Å². The molecule has 0 fully saturated rings. The molecule has 1 aliphatic heterocycles. The normalized spacial score (nSPS) is 14.7. The van der Waals surface area contributed by atoms with Gasteiger partial charge >= 0.3 is 0 Å². The Bertz CT molecular complexity index is 1240. The summed E-state index contributed by atoms with van der Waals surface area (Å²) in [6.45, 7) is 18.9. The highest BCUT2D eigenvalue weighted by molar-refractivity contribution is 6.08. The molecule has 0 saturated carbocycles. The minimum Gasteiger partial charge on any atom is -1.00 e. The van der Waals surface area contributed by atoms with Crippen LogP contribution in [0.15, 0.2) is 60.7 Å². The number of hydrogen-bond donors (Lipinski definition) is 0. The van der Waals surface area contributed by atoms with Crippen molar-refractivity contribution in [1.29, 1.82) is 0 Å². The van der Waals surface area contributed by atoms with Crippen LogP contribution in [0.25, 0.3) is 32.7 Å². The Morgan fingerprint density at radius 2 is 1.03 bits per heavy atom. The lowest BCUT2D eigenvalue weighted by molar-refractivity contribution is -0.958. The number of aryl methyl sites for hydroxylation is 2. The highest BCUT2D eigenvalue weighted by Crippen LogP contribution is 2.46. The summed E-state index contributed by atoms with van der Waals surface area (Å²) in [5, 5.41) is 5.53. The molecule has 1 heterocycles. The molecule has 178 valence electrons. The average Bonchev–Trinajstić information content (AvgIpc) is 2.89. The van der Waals surface area contributed by atoms with E-state index in [1.807, 2.05) is 0 Å². The van der Waals surface area contributed by atoms with E-state index in [0.717, 1.165) is 17.6 Å². The molecular formula is C32H38BrN. The molecular weight excluding hydrogens is 478 g/mol. The van der Waals surface area contributed by atoms with Gasteiger partial charge < -0.3 is 21.5 Å². The van der Waals surface area contributed by atoms with Crippen LogP contribution in [0, 0.1) is 25.7 Å². The molecule has 1 aliphatic rings. The van der Waals surface area contributed by atoms with E-state index in [1.54, 1.807) is 11.1 Å². The monoisotopic (exact) mass is 515 g/mol. The second-order valence-corrected chi connectivity index (χ2v) is 11.3. The van der Waals surface area contributed by atoms with E-state index in [1.165, 1.54) is 56.9 Å². The van der Waals surface area contributed by atoms with Gasteiger partial charge in [0.25, 0.3) is 0 Å². The fourth-order valence-corrected chi connectivity index (χ4v) is 6.65. The molecule has 0 unspecified atom stereocenters. The topological polar surface area (TPSA) is 0 Å². The first-order chi connectivity index (χ1) is 15.8. The predicted molar refractivity (Wildman–Crippen MR) is 143 cm³/mol. The van der Waals surface area contributed by atoms with Gasteiger partial charge in [-0.25, -0.2) is 0 Å². The van der Waals surface area contributed by atoms with E-state index in [2.05, 4.69) is 102 Å². The summed E-state index contributed by atoms with van der Waals surface area (Å²) in [4.78, 5) is 0. The number of rotatable bonds is 4. The van der Waals surface area contributed by atoms with Crippen LogP contribution in [0.3, 0.4) is 0 Å². The van der Waals surface area contributed by atoms with Crippen molar-refractivity contribution in [1.82, 2.24) is 0 Å². The zero-order valence-corrected chi connectivity index (χ0v) is 23.2. The molecule has 0 saturated heterocycles. The maximum atomic E-state index is 2.43. The zero-order valence-electron chi connectivity index (χ0n) is 21.6.